The highest BCUT2D eigenvalue weighted by Gasteiger charge is 2.32. The predicted molar refractivity (Wildman–Crippen MR) is 74.4 cm³/mol. The average molecular weight is 283 g/mol. The second kappa shape index (κ2) is 4.76. The van der Waals surface area contributed by atoms with Crippen molar-refractivity contribution in [2.75, 3.05) is 13.1 Å². The Hall–Kier alpha value is -1.14. The first kappa shape index (κ1) is 14.3. The zero-order chi connectivity index (χ0) is 14.4. The molecular weight excluding hydrogens is 262 g/mol. The van der Waals surface area contributed by atoms with E-state index in [4.69, 9.17) is 0 Å². The molecule has 1 aliphatic heterocycles. The smallest absolute Gasteiger partial charge is 0.247 e. The molecule has 19 heavy (non-hydrogen) atoms. The van der Waals surface area contributed by atoms with Crippen molar-refractivity contribution >= 4 is 10.0 Å². The van der Waals surface area contributed by atoms with E-state index in [1.165, 1.54) is 0 Å². The highest BCUT2D eigenvalue weighted by Crippen LogP contribution is 2.26. The van der Waals surface area contributed by atoms with Gasteiger partial charge in [0.15, 0.2) is 0 Å². The molecule has 2 rings (SSSR count). The Bertz CT molecular complexity index is 629. The molecule has 0 bridgehead atoms. The summed E-state index contributed by atoms with van der Waals surface area (Å²) < 4.78 is 28.7. The maximum absolute atomic E-state index is 12.8. The fourth-order valence-corrected chi connectivity index (χ4v) is 4.68. The molecule has 0 radical (unpaired) electrons. The van der Waals surface area contributed by atoms with Gasteiger partial charge < -0.3 is 0 Å². The van der Waals surface area contributed by atoms with E-state index in [-0.39, 0.29) is 5.92 Å². The molecule has 0 aliphatic carbocycles. The topological polar surface area (TPSA) is 55.2 Å². The van der Waals surface area contributed by atoms with Gasteiger partial charge in [-0.05, 0) is 26.7 Å². The summed E-state index contributed by atoms with van der Waals surface area (Å²) in [6, 6.07) is 0. The van der Waals surface area contributed by atoms with E-state index in [1.807, 2.05) is 13.8 Å². The summed E-state index contributed by atoms with van der Waals surface area (Å²) in [6.07, 6.45) is 2.13. The van der Waals surface area contributed by atoms with Crippen LogP contribution in [0.5, 0.6) is 0 Å². The number of rotatable bonds is 2. The number of aromatic nitrogens is 2. The van der Waals surface area contributed by atoms with Crippen LogP contribution in [-0.2, 0) is 17.1 Å². The van der Waals surface area contributed by atoms with Crippen molar-refractivity contribution in [1.29, 1.82) is 0 Å². The van der Waals surface area contributed by atoms with Gasteiger partial charge >= 0.3 is 0 Å². The summed E-state index contributed by atoms with van der Waals surface area (Å²) in [4.78, 5) is 0.358. The number of nitrogens with zero attached hydrogens (tertiary/aromatic N) is 3. The summed E-state index contributed by atoms with van der Waals surface area (Å²) in [5, 5.41) is 4.21. The van der Waals surface area contributed by atoms with Crippen molar-refractivity contribution in [3.8, 4) is 0 Å². The maximum Gasteiger partial charge on any atom is 0.247 e. The van der Waals surface area contributed by atoms with Gasteiger partial charge in [0.05, 0.1) is 11.4 Å². The molecule has 0 amide bonds. The summed E-state index contributed by atoms with van der Waals surface area (Å²) in [5.74, 6) is 0.251. The van der Waals surface area contributed by atoms with Crippen LogP contribution < -0.4 is 0 Å². The minimum atomic E-state index is -3.46. The van der Waals surface area contributed by atoms with E-state index in [2.05, 4.69) is 11.2 Å². The van der Waals surface area contributed by atoms with Crippen molar-refractivity contribution in [2.45, 2.75) is 32.6 Å². The molecule has 5 nitrogen and oxygen atoms in total. The molecule has 6 heteroatoms. The summed E-state index contributed by atoms with van der Waals surface area (Å²) >= 11 is 0. The molecule has 0 N–H and O–H groups in total. The molecule has 0 unspecified atom stereocenters. The molecule has 0 saturated carbocycles. The summed E-state index contributed by atoms with van der Waals surface area (Å²) in [7, 11) is -1.69. The highest BCUT2D eigenvalue weighted by atomic mass is 32.2. The van der Waals surface area contributed by atoms with Crippen LogP contribution in [-0.4, -0.2) is 35.6 Å². The first-order chi connectivity index (χ1) is 8.73. The Morgan fingerprint density at radius 2 is 1.95 bits per heavy atom. The lowest BCUT2D eigenvalue weighted by atomic mass is 10.1. The van der Waals surface area contributed by atoms with Crippen LogP contribution >= 0.6 is 0 Å². The quantitative estimate of drug-likeness (QED) is 0.775. The van der Waals surface area contributed by atoms with Crippen molar-refractivity contribution < 1.29 is 8.42 Å². The standard InChI is InChI=1S/C13H21N3O2S/c1-9-6-10(2)8-16(7-9)19(17,18)13-11(3)14-15(5)12(13)4/h6,9H,7-8H2,1-5H3/t9-/m1/s1. The van der Waals surface area contributed by atoms with Gasteiger partial charge in [-0.3, -0.25) is 4.68 Å². The van der Waals surface area contributed by atoms with E-state index < -0.39 is 10.0 Å². The Balaban J connectivity index is 2.46. The van der Waals surface area contributed by atoms with E-state index in [1.54, 1.807) is 29.9 Å². The summed E-state index contributed by atoms with van der Waals surface area (Å²) in [6.45, 7) is 8.56. The SMILES string of the molecule is CC1=C[C@@H](C)CN(S(=O)(=O)c2c(C)nn(C)c2C)C1. The van der Waals surface area contributed by atoms with Gasteiger partial charge in [0.2, 0.25) is 10.0 Å². The number of hydrogen-bond donors (Lipinski definition) is 0. The van der Waals surface area contributed by atoms with E-state index in [0.717, 1.165) is 5.57 Å². The molecule has 0 fully saturated rings. The minimum absolute atomic E-state index is 0.251. The monoisotopic (exact) mass is 283 g/mol. The zero-order valence-corrected chi connectivity index (χ0v) is 13.0. The Morgan fingerprint density at radius 3 is 2.42 bits per heavy atom. The van der Waals surface area contributed by atoms with Crippen LogP contribution in [0.15, 0.2) is 16.5 Å². The largest absolute Gasteiger partial charge is 0.271 e. The van der Waals surface area contributed by atoms with Gasteiger partial charge in [-0.25, -0.2) is 8.42 Å². The van der Waals surface area contributed by atoms with Gasteiger partial charge in [0, 0.05) is 20.1 Å². The number of hydrogen-bond acceptors (Lipinski definition) is 3. The second-order valence-corrected chi connectivity index (χ2v) is 7.29. The molecule has 1 atom stereocenters. The normalized spacial score (nSPS) is 21.5. The van der Waals surface area contributed by atoms with Crippen LogP contribution in [0.25, 0.3) is 0 Å². The van der Waals surface area contributed by atoms with E-state index in [9.17, 15) is 8.42 Å². The molecule has 2 heterocycles. The van der Waals surface area contributed by atoms with Gasteiger partial charge in [0.25, 0.3) is 0 Å². The number of sulfonamides is 1. The molecule has 0 aromatic carbocycles. The average Bonchev–Trinajstić information content (AvgIpc) is 2.51. The molecule has 0 spiro atoms. The molecule has 1 aromatic rings. The zero-order valence-electron chi connectivity index (χ0n) is 12.1. The molecule has 1 aliphatic rings. The first-order valence-corrected chi connectivity index (χ1v) is 7.85. The first-order valence-electron chi connectivity index (χ1n) is 6.41. The van der Waals surface area contributed by atoms with Crippen molar-refractivity contribution in [2.24, 2.45) is 13.0 Å². The van der Waals surface area contributed by atoms with Crippen LogP contribution in [0.1, 0.15) is 25.2 Å². The lowest BCUT2D eigenvalue weighted by Crippen LogP contribution is -2.38. The lowest BCUT2D eigenvalue weighted by molar-refractivity contribution is 0.384. The molecular formula is C13H21N3O2S. The molecule has 106 valence electrons. The Morgan fingerprint density at radius 1 is 1.32 bits per heavy atom. The fourth-order valence-electron chi connectivity index (χ4n) is 2.69. The predicted octanol–water partition coefficient (Wildman–Crippen LogP) is 1.62. The van der Waals surface area contributed by atoms with Gasteiger partial charge in [-0.15, -0.1) is 0 Å². The highest BCUT2D eigenvalue weighted by molar-refractivity contribution is 7.89. The van der Waals surface area contributed by atoms with Gasteiger partial charge in [-0.1, -0.05) is 18.6 Å². The van der Waals surface area contributed by atoms with Crippen molar-refractivity contribution in [3.05, 3.63) is 23.0 Å². The molecule has 0 saturated heterocycles. The third-order valence-electron chi connectivity index (χ3n) is 3.53. The van der Waals surface area contributed by atoms with Crippen LogP contribution in [0.3, 0.4) is 0 Å². The Kier molecular flexibility index (Phi) is 3.57. The van der Waals surface area contributed by atoms with Crippen molar-refractivity contribution in [3.63, 3.8) is 0 Å². The van der Waals surface area contributed by atoms with Crippen LogP contribution in [0.4, 0.5) is 0 Å². The maximum atomic E-state index is 12.8. The van der Waals surface area contributed by atoms with Gasteiger partial charge in [-0.2, -0.15) is 9.40 Å². The fraction of sp³-hybridized carbons (Fsp3) is 0.615. The number of aryl methyl sites for hydroxylation is 2. The minimum Gasteiger partial charge on any atom is -0.271 e. The Labute approximate surface area is 115 Å². The third-order valence-corrected chi connectivity index (χ3v) is 5.59. The van der Waals surface area contributed by atoms with E-state index in [0.29, 0.717) is 29.4 Å². The van der Waals surface area contributed by atoms with Crippen LogP contribution in [0, 0.1) is 19.8 Å². The van der Waals surface area contributed by atoms with E-state index >= 15 is 0 Å². The summed E-state index contributed by atoms with van der Waals surface area (Å²) in [5.41, 5.74) is 2.36. The van der Waals surface area contributed by atoms with Crippen molar-refractivity contribution in [1.82, 2.24) is 14.1 Å². The second-order valence-electron chi connectivity index (χ2n) is 5.41. The lowest BCUT2D eigenvalue weighted by Gasteiger charge is -2.29. The molecule has 1 aromatic heterocycles. The van der Waals surface area contributed by atoms with Gasteiger partial charge in [0.1, 0.15) is 4.90 Å². The third kappa shape index (κ3) is 2.47. The van der Waals surface area contributed by atoms with Crippen LogP contribution in [0.2, 0.25) is 0 Å².